The zero-order chi connectivity index (χ0) is 20.5. The van der Waals surface area contributed by atoms with Crippen LogP contribution >= 0.6 is 0 Å². The second-order valence-electron chi connectivity index (χ2n) is 7.38. The van der Waals surface area contributed by atoms with Crippen molar-refractivity contribution in [3.8, 4) is 0 Å². The minimum atomic E-state index is -0.430. The lowest BCUT2D eigenvalue weighted by molar-refractivity contribution is 0.0987. The van der Waals surface area contributed by atoms with Crippen molar-refractivity contribution in [2.24, 2.45) is 5.73 Å². The molecule has 0 radical (unpaired) electrons. The molecule has 1 aliphatic heterocycles. The molecule has 4 rings (SSSR count). The van der Waals surface area contributed by atoms with Gasteiger partial charge in [-0.3, -0.25) is 14.6 Å². The van der Waals surface area contributed by atoms with Gasteiger partial charge in [-0.15, -0.1) is 0 Å². The third kappa shape index (κ3) is 3.51. The first-order valence-electron chi connectivity index (χ1n) is 9.73. The van der Waals surface area contributed by atoms with Gasteiger partial charge in [-0.1, -0.05) is 31.2 Å². The van der Waals surface area contributed by atoms with Crippen molar-refractivity contribution >= 4 is 17.5 Å². The lowest BCUT2D eigenvalue weighted by atomic mass is 9.96. The molecule has 0 saturated carbocycles. The zero-order valence-corrected chi connectivity index (χ0v) is 16.6. The molecular formula is C24H23N3O2. The molecule has 0 atom stereocenters. The smallest absolute Gasteiger partial charge is 0.258 e. The molecule has 0 saturated heterocycles. The number of fused-ring (bicyclic) bond motifs is 2. The Morgan fingerprint density at radius 1 is 1.10 bits per heavy atom. The molecule has 2 heterocycles. The quantitative estimate of drug-likeness (QED) is 0.747. The monoisotopic (exact) mass is 385 g/mol. The fourth-order valence-corrected chi connectivity index (χ4v) is 3.94. The van der Waals surface area contributed by atoms with Gasteiger partial charge < -0.3 is 10.6 Å². The Bertz CT molecular complexity index is 1120. The summed E-state index contributed by atoms with van der Waals surface area (Å²) < 4.78 is 0. The Morgan fingerprint density at radius 3 is 2.66 bits per heavy atom. The van der Waals surface area contributed by atoms with Gasteiger partial charge in [0.1, 0.15) is 0 Å². The third-order valence-corrected chi connectivity index (χ3v) is 5.56. The van der Waals surface area contributed by atoms with Crippen molar-refractivity contribution in [2.75, 3.05) is 11.9 Å². The number of anilines is 1. The number of carbonyl (C=O) groups excluding carboxylic acids is 2. The van der Waals surface area contributed by atoms with Gasteiger partial charge in [0.15, 0.2) is 0 Å². The van der Waals surface area contributed by atoms with E-state index in [0.717, 1.165) is 40.1 Å². The van der Waals surface area contributed by atoms with Crippen LogP contribution in [-0.4, -0.2) is 23.8 Å². The van der Waals surface area contributed by atoms with E-state index in [1.807, 2.05) is 36.4 Å². The Kier molecular flexibility index (Phi) is 4.89. The van der Waals surface area contributed by atoms with E-state index in [1.165, 1.54) is 5.56 Å². The van der Waals surface area contributed by atoms with E-state index in [4.69, 9.17) is 5.73 Å². The highest BCUT2D eigenvalue weighted by Gasteiger charge is 2.24. The fraction of sp³-hybridized carbons (Fsp3) is 0.208. The van der Waals surface area contributed by atoms with E-state index in [2.05, 4.69) is 18.0 Å². The molecule has 5 heteroatoms. The van der Waals surface area contributed by atoms with E-state index in [9.17, 15) is 9.59 Å². The standard InChI is InChI=1S/C24H23N3O2/c1-3-15-8-9-17(23(25)28)11-18(15)12-20-13-19-10-16-6-4-5-7-21(16)24(29)27(2)22(19)14-26-20/h4-9,11,13-14H,3,10,12H2,1-2H3,(H2,25,28). The minimum absolute atomic E-state index is 0.0173. The Hall–Kier alpha value is -3.47. The molecule has 2 aromatic carbocycles. The number of hydrogen-bond acceptors (Lipinski definition) is 3. The molecule has 2 N–H and O–H groups in total. The predicted molar refractivity (Wildman–Crippen MR) is 113 cm³/mol. The van der Waals surface area contributed by atoms with Crippen LogP contribution in [0.1, 0.15) is 55.6 Å². The van der Waals surface area contributed by atoms with Crippen molar-refractivity contribution in [1.29, 1.82) is 0 Å². The first-order chi connectivity index (χ1) is 14.0. The average molecular weight is 385 g/mol. The van der Waals surface area contributed by atoms with Crippen LogP contribution in [0, 0.1) is 0 Å². The first-order valence-corrected chi connectivity index (χ1v) is 9.73. The van der Waals surface area contributed by atoms with Gasteiger partial charge in [-0.05, 0) is 52.9 Å². The number of amides is 2. The maximum atomic E-state index is 12.8. The number of nitrogens with zero attached hydrogens (tertiary/aromatic N) is 2. The highest BCUT2D eigenvalue weighted by Crippen LogP contribution is 2.30. The van der Waals surface area contributed by atoms with E-state index in [-0.39, 0.29) is 5.91 Å². The van der Waals surface area contributed by atoms with E-state index in [1.54, 1.807) is 24.2 Å². The lowest BCUT2D eigenvalue weighted by Gasteiger charge is -2.18. The Labute approximate surface area is 170 Å². The second-order valence-corrected chi connectivity index (χ2v) is 7.38. The number of rotatable bonds is 4. The molecule has 146 valence electrons. The van der Waals surface area contributed by atoms with Gasteiger partial charge in [0, 0.05) is 36.7 Å². The number of pyridine rings is 1. The van der Waals surface area contributed by atoms with Crippen LogP contribution < -0.4 is 10.6 Å². The fourth-order valence-electron chi connectivity index (χ4n) is 3.94. The van der Waals surface area contributed by atoms with Crippen LogP contribution in [0.5, 0.6) is 0 Å². The summed E-state index contributed by atoms with van der Waals surface area (Å²) in [4.78, 5) is 30.7. The van der Waals surface area contributed by atoms with Crippen molar-refractivity contribution in [2.45, 2.75) is 26.2 Å². The summed E-state index contributed by atoms with van der Waals surface area (Å²) >= 11 is 0. The normalized spacial score (nSPS) is 12.9. The van der Waals surface area contributed by atoms with Crippen molar-refractivity contribution in [3.05, 3.63) is 93.8 Å². The summed E-state index contributed by atoms with van der Waals surface area (Å²) in [6, 6.07) is 15.4. The van der Waals surface area contributed by atoms with Gasteiger partial charge >= 0.3 is 0 Å². The summed E-state index contributed by atoms with van der Waals surface area (Å²) in [5.41, 5.74) is 12.7. The number of hydrogen-bond donors (Lipinski definition) is 1. The van der Waals surface area contributed by atoms with Gasteiger partial charge in [0.05, 0.1) is 11.9 Å². The van der Waals surface area contributed by atoms with Crippen LogP contribution in [0.2, 0.25) is 0 Å². The number of benzene rings is 2. The number of aromatic nitrogens is 1. The molecule has 29 heavy (non-hydrogen) atoms. The summed E-state index contributed by atoms with van der Waals surface area (Å²) in [5, 5.41) is 0. The van der Waals surface area contributed by atoms with Crippen LogP contribution in [0.3, 0.4) is 0 Å². The first kappa shape index (κ1) is 18.9. The molecule has 0 bridgehead atoms. The van der Waals surface area contributed by atoms with Gasteiger partial charge in [-0.2, -0.15) is 0 Å². The zero-order valence-electron chi connectivity index (χ0n) is 16.6. The predicted octanol–water partition coefficient (Wildman–Crippen LogP) is 3.51. The maximum Gasteiger partial charge on any atom is 0.258 e. The molecule has 5 nitrogen and oxygen atoms in total. The SMILES string of the molecule is CCc1ccc(C(N)=O)cc1Cc1cc2c(cn1)N(C)C(=O)c1ccccc1C2. The summed E-state index contributed by atoms with van der Waals surface area (Å²) in [6.07, 6.45) is 3.93. The summed E-state index contributed by atoms with van der Waals surface area (Å²) in [6.45, 7) is 2.09. The maximum absolute atomic E-state index is 12.8. The molecule has 0 unspecified atom stereocenters. The Morgan fingerprint density at radius 2 is 1.90 bits per heavy atom. The number of aryl methyl sites for hydroxylation is 1. The molecule has 2 amide bonds. The van der Waals surface area contributed by atoms with Crippen LogP contribution in [-0.2, 0) is 19.3 Å². The van der Waals surface area contributed by atoms with Crippen molar-refractivity contribution in [3.63, 3.8) is 0 Å². The average Bonchev–Trinajstić information content (AvgIpc) is 2.83. The van der Waals surface area contributed by atoms with Gasteiger partial charge in [0.2, 0.25) is 5.91 Å². The number of carbonyl (C=O) groups is 2. The van der Waals surface area contributed by atoms with Gasteiger partial charge in [-0.25, -0.2) is 0 Å². The minimum Gasteiger partial charge on any atom is -0.366 e. The summed E-state index contributed by atoms with van der Waals surface area (Å²) in [7, 11) is 1.79. The molecular weight excluding hydrogens is 362 g/mol. The molecule has 0 spiro atoms. The topological polar surface area (TPSA) is 76.3 Å². The lowest BCUT2D eigenvalue weighted by Crippen LogP contribution is -2.26. The largest absolute Gasteiger partial charge is 0.366 e. The summed E-state index contributed by atoms with van der Waals surface area (Å²) in [5.74, 6) is -0.447. The second kappa shape index (κ2) is 7.51. The van der Waals surface area contributed by atoms with Crippen LogP contribution in [0.25, 0.3) is 0 Å². The number of primary amides is 1. The highest BCUT2D eigenvalue weighted by molar-refractivity contribution is 6.08. The Balaban J connectivity index is 1.73. The molecule has 1 aliphatic rings. The molecule has 0 aliphatic carbocycles. The van der Waals surface area contributed by atoms with E-state index < -0.39 is 5.91 Å². The number of nitrogens with two attached hydrogens (primary N) is 1. The third-order valence-electron chi connectivity index (χ3n) is 5.56. The van der Waals surface area contributed by atoms with Crippen molar-refractivity contribution in [1.82, 2.24) is 4.98 Å². The van der Waals surface area contributed by atoms with E-state index >= 15 is 0 Å². The van der Waals surface area contributed by atoms with Gasteiger partial charge in [0.25, 0.3) is 5.91 Å². The molecule has 1 aromatic heterocycles. The van der Waals surface area contributed by atoms with Crippen LogP contribution in [0.15, 0.2) is 54.7 Å². The molecule has 3 aromatic rings. The van der Waals surface area contributed by atoms with E-state index in [0.29, 0.717) is 18.4 Å². The van der Waals surface area contributed by atoms with Crippen LogP contribution in [0.4, 0.5) is 5.69 Å². The molecule has 0 fully saturated rings. The highest BCUT2D eigenvalue weighted by atomic mass is 16.2. The van der Waals surface area contributed by atoms with Crippen molar-refractivity contribution < 1.29 is 9.59 Å².